The number of amides is 1. The van der Waals surface area contributed by atoms with Gasteiger partial charge in [0.1, 0.15) is 0 Å². The largest absolute Gasteiger partial charge is 0.478 e. The summed E-state index contributed by atoms with van der Waals surface area (Å²) in [7, 11) is 0. The summed E-state index contributed by atoms with van der Waals surface area (Å²) in [5.74, 6) is -1.30. The van der Waals surface area contributed by atoms with Crippen LogP contribution in [0.3, 0.4) is 0 Å². The minimum Gasteiger partial charge on any atom is -0.478 e. The van der Waals surface area contributed by atoms with Gasteiger partial charge in [0.15, 0.2) is 0 Å². The lowest BCUT2D eigenvalue weighted by atomic mass is 9.92. The second-order valence-electron chi connectivity index (χ2n) is 4.58. The minimum atomic E-state index is -1.05. The van der Waals surface area contributed by atoms with Crippen LogP contribution in [0.5, 0.6) is 0 Å². The molecule has 0 atom stereocenters. The number of halogens is 1. The Morgan fingerprint density at radius 1 is 1.39 bits per heavy atom. The van der Waals surface area contributed by atoms with Crippen molar-refractivity contribution in [2.24, 2.45) is 11.1 Å². The van der Waals surface area contributed by atoms with Gasteiger partial charge in [-0.2, -0.15) is 0 Å². The first-order valence-electron chi connectivity index (χ1n) is 5.31. The third-order valence-corrected chi connectivity index (χ3v) is 2.99. The topological polar surface area (TPSA) is 92.4 Å². The summed E-state index contributed by atoms with van der Waals surface area (Å²) in [5.41, 5.74) is 5.33. The number of carbonyl (C=O) groups excluding carboxylic acids is 1. The molecule has 1 amide bonds. The first-order chi connectivity index (χ1) is 8.26. The van der Waals surface area contributed by atoms with Crippen LogP contribution in [0.1, 0.15) is 24.2 Å². The Morgan fingerprint density at radius 3 is 2.50 bits per heavy atom. The van der Waals surface area contributed by atoms with Crippen LogP contribution >= 0.6 is 15.9 Å². The van der Waals surface area contributed by atoms with E-state index in [4.69, 9.17) is 10.8 Å². The molecule has 0 unspecified atom stereocenters. The van der Waals surface area contributed by atoms with Crippen LogP contribution in [0.25, 0.3) is 0 Å². The molecule has 0 aromatic heterocycles. The molecule has 0 saturated heterocycles. The van der Waals surface area contributed by atoms with Gasteiger partial charge in [0.25, 0.3) is 0 Å². The van der Waals surface area contributed by atoms with Gasteiger partial charge in [-0.15, -0.1) is 0 Å². The number of hydrogen-bond donors (Lipinski definition) is 3. The number of anilines is 1. The molecule has 1 rings (SSSR count). The number of nitrogens with one attached hydrogen (secondary N) is 1. The molecular formula is C12H15BrN2O3. The molecule has 0 aliphatic carbocycles. The fraction of sp³-hybridized carbons (Fsp3) is 0.333. The molecule has 0 radical (unpaired) electrons. The molecular weight excluding hydrogens is 300 g/mol. The van der Waals surface area contributed by atoms with Crippen LogP contribution in [-0.4, -0.2) is 23.5 Å². The second-order valence-corrected chi connectivity index (χ2v) is 5.49. The van der Waals surface area contributed by atoms with Gasteiger partial charge < -0.3 is 16.2 Å². The maximum atomic E-state index is 11.9. The Morgan fingerprint density at radius 2 is 2.00 bits per heavy atom. The molecule has 0 aliphatic heterocycles. The third kappa shape index (κ3) is 3.54. The lowest BCUT2D eigenvalue weighted by Gasteiger charge is -2.21. The first-order valence-corrected chi connectivity index (χ1v) is 6.11. The third-order valence-electron chi connectivity index (χ3n) is 2.53. The highest BCUT2D eigenvalue weighted by Crippen LogP contribution is 2.22. The van der Waals surface area contributed by atoms with E-state index in [1.54, 1.807) is 19.9 Å². The quantitative estimate of drug-likeness (QED) is 0.793. The number of carbonyl (C=O) groups is 2. The average molecular weight is 315 g/mol. The monoisotopic (exact) mass is 314 g/mol. The zero-order valence-corrected chi connectivity index (χ0v) is 11.7. The minimum absolute atomic E-state index is 0.102. The van der Waals surface area contributed by atoms with Gasteiger partial charge in [0.05, 0.1) is 11.0 Å². The summed E-state index contributed by atoms with van der Waals surface area (Å²) >= 11 is 3.20. The van der Waals surface area contributed by atoms with Crippen molar-refractivity contribution in [1.29, 1.82) is 0 Å². The highest BCUT2D eigenvalue weighted by atomic mass is 79.9. The van der Waals surface area contributed by atoms with Crippen LogP contribution < -0.4 is 11.1 Å². The van der Waals surface area contributed by atoms with E-state index < -0.39 is 11.4 Å². The molecule has 0 fully saturated rings. The molecule has 4 N–H and O–H groups in total. The number of nitrogens with two attached hydrogens (primary N) is 1. The van der Waals surface area contributed by atoms with Gasteiger partial charge in [-0.1, -0.05) is 15.9 Å². The van der Waals surface area contributed by atoms with Crippen LogP contribution in [0.15, 0.2) is 22.7 Å². The maximum Gasteiger partial charge on any atom is 0.335 e. The number of carboxylic acid groups (broad SMARTS) is 1. The van der Waals surface area contributed by atoms with Crippen LogP contribution in [0.2, 0.25) is 0 Å². The summed E-state index contributed by atoms with van der Waals surface area (Å²) in [6, 6.07) is 4.50. The van der Waals surface area contributed by atoms with E-state index in [0.29, 0.717) is 10.2 Å². The number of benzene rings is 1. The first kappa shape index (κ1) is 14.7. The van der Waals surface area contributed by atoms with E-state index in [0.717, 1.165) is 0 Å². The fourth-order valence-electron chi connectivity index (χ4n) is 1.18. The van der Waals surface area contributed by atoms with E-state index >= 15 is 0 Å². The van der Waals surface area contributed by atoms with Crippen molar-refractivity contribution in [3.63, 3.8) is 0 Å². The molecule has 0 bridgehead atoms. The maximum absolute atomic E-state index is 11.9. The zero-order chi connectivity index (χ0) is 13.9. The Balaban J connectivity index is 2.98. The highest BCUT2D eigenvalue weighted by molar-refractivity contribution is 9.10. The Labute approximate surface area is 113 Å². The van der Waals surface area contributed by atoms with Gasteiger partial charge >= 0.3 is 5.97 Å². The summed E-state index contributed by atoms with van der Waals surface area (Å²) in [6.45, 7) is 3.65. The lowest BCUT2D eigenvalue weighted by molar-refractivity contribution is -0.123. The molecule has 0 heterocycles. The van der Waals surface area contributed by atoms with Gasteiger partial charge in [0.2, 0.25) is 5.91 Å². The average Bonchev–Trinajstić information content (AvgIpc) is 2.28. The number of hydrogen-bond acceptors (Lipinski definition) is 3. The Hall–Kier alpha value is -1.40. The molecule has 1 aromatic carbocycles. The SMILES string of the molecule is CC(C)(CN)C(=O)Nc1cc(Br)cc(C(=O)O)c1. The van der Waals surface area contributed by atoms with E-state index in [2.05, 4.69) is 21.2 Å². The molecule has 5 nitrogen and oxygen atoms in total. The van der Waals surface area contributed by atoms with Gasteiger partial charge in [-0.05, 0) is 32.0 Å². The predicted molar refractivity (Wildman–Crippen MR) is 72.6 cm³/mol. The Bertz CT molecular complexity index is 486. The van der Waals surface area contributed by atoms with Crippen molar-refractivity contribution in [3.8, 4) is 0 Å². The van der Waals surface area contributed by atoms with Crippen molar-refractivity contribution in [1.82, 2.24) is 0 Å². The van der Waals surface area contributed by atoms with Crippen molar-refractivity contribution in [2.45, 2.75) is 13.8 Å². The number of rotatable bonds is 4. The standard InChI is InChI=1S/C12H15BrN2O3/c1-12(2,6-14)11(18)15-9-4-7(10(16)17)3-8(13)5-9/h3-5H,6,14H2,1-2H3,(H,15,18)(H,16,17). The predicted octanol–water partition coefficient (Wildman–Crippen LogP) is 2.07. The molecule has 1 aromatic rings. The van der Waals surface area contributed by atoms with Gasteiger partial charge in [-0.3, -0.25) is 4.79 Å². The van der Waals surface area contributed by atoms with Gasteiger partial charge in [-0.25, -0.2) is 4.79 Å². The summed E-state index contributed by atoms with van der Waals surface area (Å²) < 4.78 is 0.586. The summed E-state index contributed by atoms with van der Waals surface area (Å²) in [5, 5.41) is 11.6. The van der Waals surface area contributed by atoms with E-state index in [9.17, 15) is 9.59 Å². The smallest absolute Gasteiger partial charge is 0.335 e. The second kappa shape index (κ2) is 5.49. The van der Waals surface area contributed by atoms with E-state index in [-0.39, 0.29) is 18.0 Å². The van der Waals surface area contributed by atoms with Crippen molar-refractivity contribution in [2.75, 3.05) is 11.9 Å². The highest BCUT2D eigenvalue weighted by Gasteiger charge is 2.26. The van der Waals surface area contributed by atoms with E-state index in [1.165, 1.54) is 12.1 Å². The fourth-order valence-corrected chi connectivity index (χ4v) is 1.67. The molecule has 98 valence electrons. The van der Waals surface area contributed by atoms with Crippen molar-refractivity contribution < 1.29 is 14.7 Å². The van der Waals surface area contributed by atoms with Crippen molar-refractivity contribution >= 4 is 33.5 Å². The molecule has 18 heavy (non-hydrogen) atoms. The zero-order valence-electron chi connectivity index (χ0n) is 10.2. The summed E-state index contributed by atoms with van der Waals surface area (Å²) in [6.07, 6.45) is 0. The molecule has 0 aliphatic rings. The molecule has 0 spiro atoms. The molecule has 0 saturated carbocycles. The lowest BCUT2D eigenvalue weighted by Crippen LogP contribution is -2.37. The number of aromatic carboxylic acids is 1. The molecule has 6 heteroatoms. The summed E-state index contributed by atoms with van der Waals surface area (Å²) in [4.78, 5) is 22.8. The van der Waals surface area contributed by atoms with Crippen LogP contribution in [0.4, 0.5) is 5.69 Å². The van der Waals surface area contributed by atoms with Crippen LogP contribution in [0, 0.1) is 5.41 Å². The van der Waals surface area contributed by atoms with Crippen molar-refractivity contribution in [3.05, 3.63) is 28.2 Å². The van der Waals surface area contributed by atoms with Gasteiger partial charge in [0, 0.05) is 16.7 Å². The Kier molecular flexibility index (Phi) is 4.48. The normalized spacial score (nSPS) is 11.1. The number of carboxylic acids is 1. The van der Waals surface area contributed by atoms with E-state index in [1.807, 2.05) is 0 Å². The van der Waals surface area contributed by atoms with Crippen LogP contribution in [-0.2, 0) is 4.79 Å².